The van der Waals surface area contributed by atoms with Gasteiger partial charge in [-0.3, -0.25) is 4.79 Å². The zero-order valence-corrected chi connectivity index (χ0v) is 22.2. The minimum atomic E-state index is -0.322. The molecule has 0 saturated carbocycles. The molecule has 1 atom stereocenters. The van der Waals surface area contributed by atoms with Crippen LogP contribution >= 0.6 is 11.6 Å². The second-order valence-electron chi connectivity index (χ2n) is 9.77. The molecule has 6 nitrogen and oxygen atoms in total. The molecule has 1 aliphatic rings. The summed E-state index contributed by atoms with van der Waals surface area (Å²) in [5.74, 6) is 1.11. The van der Waals surface area contributed by atoms with Crippen LogP contribution in [0.4, 0.5) is 4.39 Å². The summed E-state index contributed by atoms with van der Waals surface area (Å²) in [6, 6.07) is 17.7. The van der Waals surface area contributed by atoms with E-state index in [2.05, 4.69) is 16.1 Å². The quantitative estimate of drug-likeness (QED) is 0.217. The van der Waals surface area contributed by atoms with Crippen molar-refractivity contribution in [1.82, 2.24) is 10.1 Å². The molecule has 1 unspecified atom stereocenters. The van der Waals surface area contributed by atoms with Crippen molar-refractivity contribution in [3.8, 4) is 11.5 Å². The van der Waals surface area contributed by atoms with Crippen LogP contribution in [-0.4, -0.2) is 49.2 Å². The number of nitrogens with zero attached hydrogens (tertiary/aromatic N) is 2. The number of aromatic nitrogens is 1. The Morgan fingerprint density at radius 1 is 1.13 bits per heavy atom. The number of likely N-dealkylation sites (tertiary alicyclic amines) is 1. The third-order valence-electron chi connectivity index (χ3n) is 7.25. The zero-order valence-electron chi connectivity index (χ0n) is 21.5. The zero-order chi connectivity index (χ0) is 26.6. The van der Waals surface area contributed by atoms with Crippen LogP contribution in [0, 0.1) is 5.82 Å². The van der Waals surface area contributed by atoms with Crippen molar-refractivity contribution in [2.24, 2.45) is 0 Å². The number of piperidine rings is 1. The lowest BCUT2D eigenvalue weighted by atomic mass is 9.90. The summed E-state index contributed by atoms with van der Waals surface area (Å²) in [7, 11) is 1.57. The Morgan fingerprint density at radius 2 is 1.95 bits per heavy atom. The standard InChI is InChI=1S/C30H30ClFN2O4/c1-19(35)21-6-9-27(29(15-21)36-2)37-18-23(22-4-3-5-24(31)14-22)17-34-12-10-20(11-13-34)30-26-8-7-25(32)16-28(26)38-33-30/h3-9,14-16,20,23H,10-13,17-18H2,1-2H3. The number of halogens is 2. The first-order valence-corrected chi connectivity index (χ1v) is 13.1. The van der Waals surface area contributed by atoms with Crippen molar-refractivity contribution in [2.75, 3.05) is 33.4 Å². The molecular formula is C30H30ClFN2O4. The van der Waals surface area contributed by atoms with E-state index in [9.17, 15) is 9.18 Å². The first-order chi connectivity index (χ1) is 18.4. The third kappa shape index (κ3) is 5.84. The molecule has 1 saturated heterocycles. The van der Waals surface area contributed by atoms with E-state index in [1.807, 2.05) is 18.2 Å². The summed E-state index contributed by atoms with van der Waals surface area (Å²) in [4.78, 5) is 14.2. The number of hydrogen-bond acceptors (Lipinski definition) is 6. The Balaban J connectivity index is 1.28. The summed E-state index contributed by atoms with van der Waals surface area (Å²) in [5, 5.41) is 5.84. The SMILES string of the molecule is COc1cc(C(C)=O)ccc1OCC(CN1CCC(c2noc3cc(F)ccc23)CC1)c1cccc(Cl)c1. The fourth-order valence-electron chi connectivity index (χ4n) is 5.14. The van der Waals surface area contributed by atoms with Crippen molar-refractivity contribution in [2.45, 2.75) is 31.6 Å². The van der Waals surface area contributed by atoms with Crippen LogP contribution in [0.15, 0.2) is 65.2 Å². The number of hydrogen-bond donors (Lipinski definition) is 0. The summed E-state index contributed by atoms with van der Waals surface area (Å²) in [6.07, 6.45) is 1.87. The number of ether oxygens (including phenoxy) is 2. The van der Waals surface area contributed by atoms with Gasteiger partial charge in [0.15, 0.2) is 22.9 Å². The van der Waals surface area contributed by atoms with Gasteiger partial charge < -0.3 is 18.9 Å². The van der Waals surface area contributed by atoms with Crippen LogP contribution in [0.5, 0.6) is 11.5 Å². The van der Waals surface area contributed by atoms with Crippen LogP contribution in [0.1, 0.15) is 53.2 Å². The predicted octanol–water partition coefficient (Wildman–Crippen LogP) is 6.87. The van der Waals surface area contributed by atoms with E-state index in [0.717, 1.165) is 49.1 Å². The summed E-state index contributed by atoms with van der Waals surface area (Å²) in [5.41, 5.74) is 3.08. The van der Waals surface area contributed by atoms with Gasteiger partial charge in [0, 0.05) is 40.4 Å². The highest BCUT2D eigenvalue weighted by Gasteiger charge is 2.27. The van der Waals surface area contributed by atoms with E-state index < -0.39 is 0 Å². The van der Waals surface area contributed by atoms with E-state index in [-0.39, 0.29) is 23.4 Å². The van der Waals surface area contributed by atoms with Gasteiger partial charge >= 0.3 is 0 Å². The lowest BCUT2D eigenvalue weighted by Gasteiger charge is -2.34. The van der Waals surface area contributed by atoms with E-state index in [1.165, 1.54) is 19.1 Å². The Labute approximate surface area is 226 Å². The number of benzene rings is 3. The van der Waals surface area contributed by atoms with Gasteiger partial charge in [-0.1, -0.05) is 28.9 Å². The molecule has 198 valence electrons. The predicted molar refractivity (Wildman–Crippen MR) is 145 cm³/mol. The molecule has 0 amide bonds. The average molecular weight is 537 g/mol. The molecule has 2 heterocycles. The van der Waals surface area contributed by atoms with Gasteiger partial charge in [0.2, 0.25) is 0 Å². The summed E-state index contributed by atoms with van der Waals surface area (Å²) < 4.78 is 30.7. The van der Waals surface area contributed by atoms with Gasteiger partial charge in [-0.2, -0.15) is 0 Å². The fourth-order valence-corrected chi connectivity index (χ4v) is 5.34. The van der Waals surface area contributed by atoms with Crippen molar-refractivity contribution in [1.29, 1.82) is 0 Å². The number of carbonyl (C=O) groups is 1. The van der Waals surface area contributed by atoms with Gasteiger partial charge in [0.1, 0.15) is 5.82 Å². The van der Waals surface area contributed by atoms with Crippen LogP contribution in [0.2, 0.25) is 5.02 Å². The maximum atomic E-state index is 13.6. The molecule has 1 fully saturated rings. The van der Waals surface area contributed by atoms with Crippen LogP contribution < -0.4 is 9.47 Å². The number of ketones is 1. The maximum absolute atomic E-state index is 13.6. The molecular weight excluding hydrogens is 507 g/mol. The fraction of sp³-hybridized carbons (Fsp3) is 0.333. The van der Waals surface area contributed by atoms with Gasteiger partial charge in [0.05, 0.1) is 19.4 Å². The molecule has 1 aromatic heterocycles. The van der Waals surface area contributed by atoms with Gasteiger partial charge in [0.25, 0.3) is 0 Å². The minimum absolute atomic E-state index is 0.0270. The van der Waals surface area contributed by atoms with E-state index in [4.69, 9.17) is 25.6 Å². The highest BCUT2D eigenvalue weighted by molar-refractivity contribution is 6.30. The highest BCUT2D eigenvalue weighted by atomic mass is 35.5. The monoisotopic (exact) mass is 536 g/mol. The number of Topliss-reactive ketones (excluding diaryl/α,β-unsaturated/α-hetero) is 1. The van der Waals surface area contributed by atoms with E-state index >= 15 is 0 Å². The topological polar surface area (TPSA) is 64.8 Å². The first-order valence-electron chi connectivity index (χ1n) is 12.8. The number of methoxy groups -OCH3 is 1. The molecule has 3 aromatic carbocycles. The van der Waals surface area contributed by atoms with Crippen molar-refractivity contribution in [3.63, 3.8) is 0 Å². The van der Waals surface area contributed by atoms with E-state index in [1.54, 1.807) is 31.4 Å². The van der Waals surface area contributed by atoms with Gasteiger partial charge in [-0.15, -0.1) is 0 Å². The first kappa shape index (κ1) is 26.2. The van der Waals surface area contributed by atoms with Crippen LogP contribution in [0.25, 0.3) is 11.0 Å². The van der Waals surface area contributed by atoms with Crippen molar-refractivity contribution < 1.29 is 23.2 Å². The largest absolute Gasteiger partial charge is 0.493 e. The molecule has 0 N–H and O–H groups in total. The normalized spacial score (nSPS) is 15.5. The van der Waals surface area contributed by atoms with Crippen molar-refractivity contribution >= 4 is 28.4 Å². The van der Waals surface area contributed by atoms with Gasteiger partial charge in [-0.05, 0) is 80.9 Å². The van der Waals surface area contributed by atoms with Gasteiger partial charge in [-0.25, -0.2) is 4.39 Å². The average Bonchev–Trinajstić information content (AvgIpc) is 3.34. The number of rotatable bonds is 9. The Kier molecular flexibility index (Phi) is 7.95. The summed E-state index contributed by atoms with van der Waals surface area (Å²) in [6.45, 7) is 4.54. The molecule has 0 aliphatic carbocycles. The molecule has 0 radical (unpaired) electrons. The second-order valence-corrected chi connectivity index (χ2v) is 10.2. The molecule has 8 heteroatoms. The third-order valence-corrected chi connectivity index (χ3v) is 7.48. The molecule has 38 heavy (non-hydrogen) atoms. The Bertz CT molecular complexity index is 1430. The molecule has 0 bridgehead atoms. The number of carbonyl (C=O) groups excluding carboxylic acids is 1. The second kappa shape index (κ2) is 11.5. The minimum Gasteiger partial charge on any atom is -0.493 e. The lowest BCUT2D eigenvalue weighted by Crippen LogP contribution is -2.37. The Morgan fingerprint density at radius 3 is 2.68 bits per heavy atom. The Hall–Kier alpha value is -3.42. The number of fused-ring (bicyclic) bond motifs is 1. The molecule has 5 rings (SSSR count). The van der Waals surface area contributed by atoms with Crippen LogP contribution in [-0.2, 0) is 0 Å². The van der Waals surface area contributed by atoms with E-state index in [0.29, 0.717) is 34.3 Å². The smallest absolute Gasteiger partial charge is 0.170 e. The van der Waals surface area contributed by atoms with Crippen molar-refractivity contribution in [3.05, 3.63) is 88.3 Å². The molecule has 0 spiro atoms. The highest BCUT2D eigenvalue weighted by Crippen LogP contribution is 2.34. The molecule has 1 aliphatic heterocycles. The van der Waals surface area contributed by atoms with Crippen LogP contribution in [0.3, 0.4) is 0 Å². The molecule has 4 aromatic rings. The maximum Gasteiger partial charge on any atom is 0.170 e. The summed E-state index contributed by atoms with van der Waals surface area (Å²) >= 11 is 6.33. The lowest BCUT2D eigenvalue weighted by molar-refractivity contribution is 0.101.